The fourth-order valence-corrected chi connectivity index (χ4v) is 6.52. The van der Waals surface area contributed by atoms with Crippen molar-refractivity contribution in [3.63, 3.8) is 0 Å². The summed E-state index contributed by atoms with van der Waals surface area (Å²) in [6.45, 7) is 4.02. The molecule has 1 saturated heterocycles. The predicted molar refractivity (Wildman–Crippen MR) is 113 cm³/mol. The molecule has 0 saturated carbocycles. The Bertz CT molecular complexity index is 909. The van der Waals surface area contributed by atoms with E-state index in [0.717, 1.165) is 35.1 Å². The van der Waals surface area contributed by atoms with Crippen LogP contribution in [0.2, 0.25) is 11.3 Å². The van der Waals surface area contributed by atoms with Gasteiger partial charge in [-0.25, -0.2) is 8.42 Å². The maximum Gasteiger partial charge on any atom is 0.456 e. The van der Waals surface area contributed by atoms with Crippen molar-refractivity contribution in [2.24, 2.45) is 0 Å². The summed E-state index contributed by atoms with van der Waals surface area (Å²) >= 11 is 6.16. The molecular weight excluding hydrogens is 399 g/mol. The highest BCUT2D eigenvalue weighted by molar-refractivity contribution is 7.92. The van der Waals surface area contributed by atoms with Gasteiger partial charge in [-0.1, -0.05) is 42.2 Å². The van der Waals surface area contributed by atoms with Crippen molar-refractivity contribution in [2.45, 2.75) is 57.2 Å². The molecule has 1 aromatic rings. The molecule has 0 unspecified atom stereocenters. The molecular formula is C20H26BClO5S. The molecule has 0 radical (unpaired) electrons. The smallest absolute Gasteiger partial charge is 0.456 e. The highest BCUT2D eigenvalue weighted by atomic mass is 35.5. The second kappa shape index (κ2) is 8.62. The van der Waals surface area contributed by atoms with E-state index in [4.69, 9.17) is 16.3 Å². The molecule has 2 heterocycles. The van der Waals surface area contributed by atoms with Gasteiger partial charge in [0.2, 0.25) is 0 Å². The Morgan fingerprint density at radius 3 is 2.86 bits per heavy atom. The average molecular weight is 425 g/mol. The zero-order valence-corrected chi connectivity index (χ0v) is 17.8. The Morgan fingerprint density at radius 2 is 2.18 bits per heavy atom. The van der Waals surface area contributed by atoms with E-state index >= 15 is 0 Å². The molecule has 1 fully saturated rings. The van der Waals surface area contributed by atoms with Crippen molar-refractivity contribution in [3.8, 4) is 5.75 Å². The largest absolute Gasteiger partial charge is 0.508 e. The third kappa shape index (κ3) is 4.65. The first-order valence-corrected chi connectivity index (χ1v) is 11.7. The molecule has 1 aromatic carbocycles. The van der Waals surface area contributed by atoms with E-state index in [2.05, 4.69) is 0 Å². The normalized spacial score (nSPS) is 24.6. The molecule has 2 atom stereocenters. The Balaban J connectivity index is 1.78. The summed E-state index contributed by atoms with van der Waals surface area (Å²) in [6, 6.07) is 4.84. The van der Waals surface area contributed by atoms with E-state index in [-0.39, 0.29) is 23.9 Å². The van der Waals surface area contributed by atoms with Crippen LogP contribution in [0.1, 0.15) is 45.1 Å². The maximum absolute atomic E-state index is 12.6. The SMILES string of the molecule is CCCC1=C2[C@@H](CC/C(C)=C/c3ccc(O)cc3Cl)OB(O)C[C@@H]2S(=O)(=O)C1. The number of rotatable bonds is 6. The lowest BCUT2D eigenvalue weighted by Gasteiger charge is -2.32. The number of fused-ring (bicyclic) bond motifs is 1. The topological polar surface area (TPSA) is 83.8 Å². The van der Waals surface area contributed by atoms with Crippen molar-refractivity contribution in [2.75, 3.05) is 5.75 Å². The summed E-state index contributed by atoms with van der Waals surface area (Å²) in [4.78, 5) is 0. The Labute approximate surface area is 172 Å². The molecule has 2 N–H and O–H groups in total. The summed E-state index contributed by atoms with van der Waals surface area (Å²) in [5.41, 5.74) is 3.72. The minimum absolute atomic E-state index is 0.0886. The summed E-state index contributed by atoms with van der Waals surface area (Å²) in [5, 5.41) is 19.4. The van der Waals surface area contributed by atoms with Gasteiger partial charge in [-0.05, 0) is 55.5 Å². The number of phenolic OH excluding ortho intramolecular Hbond substituents is 1. The average Bonchev–Trinajstić information content (AvgIpc) is 2.86. The van der Waals surface area contributed by atoms with Crippen LogP contribution >= 0.6 is 11.6 Å². The van der Waals surface area contributed by atoms with Gasteiger partial charge in [-0.3, -0.25) is 0 Å². The van der Waals surface area contributed by atoms with Gasteiger partial charge in [0.15, 0.2) is 9.84 Å². The lowest BCUT2D eigenvalue weighted by molar-refractivity contribution is 0.169. The Kier molecular flexibility index (Phi) is 6.59. The van der Waals surface area contributed by atoms with Gasteiger partial charge in [0, 0.05) is 6.32 Å². The molecule has 152 valence electrons. The second-order valence-corrected chi connectivity index (χ2v) is 10.2. The van der Waals surface area contributed by atoms with Crippen molar-refractivity contribution in [1.82, 2.24) is 0 Å². The van der Waals surface area contributed by atoms with E-state index in [9.17, 15) is 18.5 Å². The quantitative estimate of drug-likeness (QED) is 0.532. The second-order valence-electron chi connectivity index (χ2n) is 7.65. The van der Waals surface area contributed by atoms with Crippen LogP contribution in [0.25, 0.3) is 6.08 Å². The molecule has 5 nitrogen and oxygen atoms in total. The standard InChI is InChI=1S/C20H26BClO5S/c1-3-4-15-12-28(25,26)19-11-21(24)27-18(20(15)19)8-5-13(2)9-14-6-7-16(23)10-17(14)22/h6-7,9-10,18-19,23-24H,3-5,8,11-12H2,1-2H3/b13-9+/t18-,19+/m1/s1. The van der Waals surface area contributed by atoms with Gasteiger partial charge in [0.05, 0.1) is 22.1 Å². The number of benzene rings is 1. The number of aromatic hydroxyl groups is 1. The summed E-state index contributed by atoms with van der Waals surface area (Å²) < 4.78 is 30.9. The number of sulfone groups is 1. The first kappa shape index (κ1) is 21.4. The van der Waals surface area contributed by atoms with Crippen molar-refractivity contribution in [1.29, 1.82) is 0 Å². The zero-order valence-electron chi connectivity index (χ0n) is 16.2. The minimum atomic E-state index is -3.25. The van der Waals surface area contributed by atoms with Gasteiger partial charge >= 0.3 is 7.12 Å². The molecule has 2 aliphatic heterocycles. The Morgan fingerprint density at radius 1 is 1.43 bits per heavy atom. The number of allylic oxidation sites excluding steroid dienone is 1. The molecule has 2 aliphatic rings. The van der Waals surface area contributed by atoms with Crippen molar-refractivity contribution < 1.29 is 23.2 Å². The first-order valence-electron chi connectivity index (χ1n) is 9.64. The lowest BCUT2D eigenvalue weighted by atomic mass is 9.74. The van der Waals surface area contributed by atoms with Gasteiger partial charge in [-0.2, -0.15) is 0 Å². The van der Waals surface area contributed by atoms with Gasteiger partial charge < -0.3 is 14.8 Å². The fraction of sp³-hybridized carbons (Fsp3) is 0.500. The molecule has 0 amide bonds. The third-order valence-electron chi connectivity index (χ3n) is 5.39. The fourth-order valence-electron chi connectivity index (χ4n) is 4.13. The van der Waals surface area contributed by atoms with Crippen molar-refractivity contribution >= 4 is 34.6 Å². The number of phenols is 1. The maximum atomic E-state index is 12.6. The van der Waals surface area contributed by atoms with E-state index in [1.54, 1.807) is 12.1 Å². The highest BCUT2D eigenvalue weighted by Gasteiger charge is 2.48. The zero-order chi connectivity index (χ0) is 20.5. The van der Waals surface area contributed by atoms with Crippen molar-refractivity contribution in [3.05, 3.63) is 45.5 Å². The number of hydrogen-bond donors (Lipinski definition) is 2. The number of halogens is 1. The molecule has 0 bridgehead atoms. The van der Waals surface area contributed by atoms with Crippen LogP contribution in [-0.4, -0.2) is 42.8 Å². The predicted octanol–water partition coefficient (Wildman–Crippen LogP) is 4.00. The molecule has 0 aromatic heterocycles. The highest BCUT2D eigenvalue weighted by Crippen LogP contribution is 2.41. The van der Waals surface area contributed by atoms with Crippen LogP contribution in [0, 0.1) is 0 Å². The lowest BCUT2D eigenvalue weighted by Crippen LogP contribution is -2.41. The monoisotopic (exact) mass is 424 g/mol. The molecule has 8 heteroatoms. The summed E-state index contributed by atoms with van der Waals surface area (Å²) in [6.07, 6.45) is 4.61. The minimum Gasteiger partial charge on any atom is -0.508 e. The molecule has 28 heavy (non-hydrogen) atoms. The van der Waals surface area contributed by atoms with Gasteiger partial charge in [0.1, 0.15) is 5.75 Å². The van der Waals surface area contributed by atoms with Crippen LogP contribution in [0.3, 0.4) is 0 Å². The molecule has 3 rings (SSSR count). The van der Waals surface area contributed by atoms with Crippen LogP contribution in [-0.2, 0) is 14.5 Å². The number of hydrogen-bond acceptors (Lipinski definition) is 5. The summed E-state index contributed by atoms with van der Waals surface area (Å²) in [7, 11) is -4.30. The van der Waals surface area contributed by atoms with Crippen LogP contribution in [0.4, 0.5) is 0 Å². The molecule has 0 spiro atoms. The van der Waals surface area contributed by atoms with E-state index in [0.29, 0.717) is 17.9 Å². The van der Waals surface area contributed by atoms with Crippen LogP contribution < -0.4 is 0 Å². The van der Waals surface area contributed by atoms with Crippen LogP contribution in [0.15, 0.2) is 34.9 Å². The third-order valence-corrected chi connectivity index (χ3v) is 7.78. The Hall–Kier alpha value is -1.28. The van der Waals surface area contributed by atoms with E-state index in [1.807, 2.05) is 19.9 Å². The molecule has 0 aliphatic carbocycles. The van der Waals surface area contributed by atoms with Gasteiger partial charge in [0.25, 0.3) is 0 Å². The summed E-state index contributed by atoms with van der Waals surface area (Å²) in [5.74, 6) is 0.207. The van der Waals surface area contributed by atoms with Crippen LogP contribution in [0.5, 0.6) is 5.75 Å². The van der Waals surface area contributed by atoms with E-state index in [1.165, 1.54) is 6.07 Å². The van der Waals surface area contributed by atoms with Gasteiger partial charge in [-0.15, -0.1) is 0 Å². The first-order chi connectivity index (χ1) is 13.2. The van der Waals surface area contributed by atoms with E-state index < -0.39 is 22.2 Å².